The van der Waals surface area contributed by atoms with E-state index in [1.807, 2.05) is 12.1 Å². The van der Waals surface area contributed by atoms with Crippen molar-refractivity contribution in [2.75, 3.05) is 14.1 Å². The second-order valence-corrected chi connectivity index (χ2v) is 16.7. The topological polar surface area (TPSA) is 158 Å². The highest BCUT2D eigenvalue weighted by atomic mass is 79.9. The van der Waals surface area contributed by atoms with E-state index in [2.05, 4.69) is 14.1 Å². The van der Waals surface area contributed by atoms with Crippen LogP contribution in [0.5, 0.6) is 23.0 Å². The van der Waals surface area contributed by atoms with Gasteiger partial charge in [0.2, 0.25) is 0 Å². The largest absolute Gasteiger partial charge is 1.00 e. The quantitative estimate of drug-likeness (QED) is 0.138. The van der Waals surface area contributed by atoms with Crippen molar-refractivity contribution in [3.63, 3.8) is 0 Å². The monoisotopic (exact) mass is 950 g/mol. The molecule has 0 N–H and O–H groups in total. The first-order chi connectivity index (χ1) is 27.0. The van der Waals surface area contributed by atoms with Crippen LogP contribution in [0.15, 0.2) is 36.4 Å². The summed E-state index contributed by atoms with van der Waals surface area (Å²) in [5, 5.41) is 0. The Bertz CT molecular complexity index is 1740. The molecule has 4 fully saturated rings. The van der Waals surface area contributed by atoms with Crippen LogP contribution in [0.4, 0.5) is 0 Å². The fourth-order valence-electron chi connectivity index (χ4n) is 10.00. The van der Waals surface area contributed by atoms with E-state index in [0.29, 0.717) is 43.7 Å². The lowest BCUT2D eigenvalue weighted by atomic mass is 9.95. The summed E-state index contributed by atoms with van der Waals surface area (Å²) in [6, 6.07) is 11.8. The summed E-state index contributed by atoms with van der Waals surface area (Å²) in [7, 11) is 4.45. The molecule has 2 aromatic rings. The van der Waals surface area contributed by atoms with Crippen LogP contribution in [0.3, 0.4) is 0 Å². The minimum absolute atomic E-state index is 0. The van der Waals surface area contributed by atoms with Gasteiger partial charge in [-0.15, -0.1) is 0 Å². The van der Waals surface area contributed by atoms with Crippen molar-refractivity contribution in [3.05, 3.63) is 47.5 Å². The van der Waals surface area contributed by atoms with Crippen molar-refractivity contribution in [1.29, 1.82) is 0 Å². The van der Waals surface area contributed by atoms with Crippen LogP contribution in [0.25, 0.3) is 0 Å². The number of quaternary nitrogens is 2. The number of hydrogen-bond donors (Lipinski definition) is 0. The van der Waals surface area contributed by atoms with Gasteiger partial charge in [-0.2, -0.15) is 0 Å². The maximum absolute atomic E-state index is 13.0. The Morgan fingerprint density at radius 1 is 0.508 bits per heavy atom. The van der Waals surface area contributed by atoms with Crippen LogP contribution in [-0.2, 0) is 51.3 Å². The number of hydrogen-bond acceptors (Lipinski definition) is 12. The first kappa shape index (κ1) is 47.8. The Morgan fingerprint density at radius 2 is 0.814 bits per heavy atom. The van der Waals surface area contributed by atoms with Gasteiger partial charge < -0.3 is 71.4 Å². The molecule has 4 saturated heterocycles. The van der Waals surface area contributed by atoms with E-state index in [9.17, 15) is 28.8 Å². The highest BCUT2D eigenvalue weighted by Gasteiger charge is 2.53. The fourth-order valence-corrected chi connectivity index (χ4v) is 10.00. The van der Waals surface area contributed by atoms with Gasteiger partial charge in [-0.1, -0.05) is 0 Å². The number of halogens is 2. The van der Waals surface area contributed by atoms with Crippen molar-refractivity contribution in [2.45, 2.75) is 148 Å². The molecule has 0 amide bonds. The number of esters is 6. The number of carbonyl (C=O) groups excluding carboxylic acids is 6. The normalized spacial score (nSPS) is 27.6. The average molecular weight is 953 g/mol. The number of nitrogens with zero attached hydrogens (tertiary/aromatic N) is 2. The first-order valence-corrected chi connectivity index (χ1v) is 20.1. The molecular formula is C43H56Br2N2O12. The summed E-state index contributed by atoms with van der Waals surface area (Å²) >= 11 is 0. The number of fused-ring (bicyclic) bond motifs is 4. The molecule has 4 aliphatic heterocycles. The Kier molecular flexibility index (Phi) is 16.3. The highest BCUT2D eigenvalue weighted by Crippen LogP contribution is 2.46. The Balaban J connectivity index is 0.00000384. The standard InChI is InChI=1S/C43H56N2O12.2BrH/c1-26(46)52-38-16-10-30(18-40(38)54-28(3)48)24-44(5)32-12-13-33(44)21-36(20-32)56-42(50)8-7-9-43(51)57-37-22-34-14-15-35(23-37)45(34,6)25-31-11-17-39(53-27(2)47)41(19-31)55-29(4)49;;/h10-11,16-19,32-37H,7-9,12-15,20-25H2,1-6H3;2*1H/q+2;;/p-2. The molecule has 0 saturated carbocycles. The van der Waals surface area contributed by atoms with E-state index in [1.165, 1.54) is 27.7 Å². The molecule has 2 aromatic carbocycles. The van der Waals surface area contributed by atoms with Gasteiger partial charge in [-0.05, 0) is 42.8 Å². The van der Waals surface area contributed by atoms with E-state index in [1.54, 1.807) is 24.3 Å². The summed E-state index contributed by atoms with van der Waals surface area (Å²) in [5.41, 5.74) is 1.91. The molecular weight excluding hydrogens is 896 g/mol. The van der Waals surface area contributed by atoms with Gasteiger partial charge in [0.05, 0.1) is 38.3 Å². The Hall–Kier alpha value is -3.86. The zero-order chi connectivity index (χ0) is 41.1. The third-order valence-electron chi connectivity index (χ3n) is 12.6. The van der Waals surface area contributed by atoms with Gasteiger partial charge in [-0.3, -0.25) is 28.8 Å². The number of benzene rings is 2. The maximum Gasteiger partial charge on any atom is 0.308 e. The number of carbonyl (C=O) groups is 6. The van der Waals surface area contributed by atoms with Crippen LogP contribution in [-0.4, -0.2) is 95.3 Å². The molecule has 0 aromatic heterocycles. The van der Waals surface area contributed by atoms with Crippen LogP contribution in [0.1, 0.15) is 109 Å². The predicted molar refractivity (Wildman–Crippen MR) is 204 cm³/mol. The second kappa shape index (κ2) is 20.1. The molecule has 14 nitrogen and oxygen atoms in total. The minimum atomic E-state index is -0.501. The number of piperidine rings is 2. The summed E-state index contributed by atoms with van der Waals surface area (Å²) in [4.78, 5) is 72.5. The van der Waals surface area contributed by atoms with Crippen molar-refractivity contribution in [1.82, 2.24) is 0 Å². The van der Waals surface area contributed by atoms with E-state index in [0.717, 1.165) is 71.5 Å². The lowest BCUT2D eigenvalue weighted by molar-refractivity contribution is -0.961. The molecule has 16 heteroatoms. The third-order valence-corrected chi connectivity index (χ3v) is 12.6. The molecule has 4 bridgehead atoms. The fraction of sp³-hybridized carbons (Fsp3) is 0.581. The van der Waals surface area contributed by atoms with Gasteiger partial charge in [0.1, 0.15) is 25.3 Å². The zero-order valence-corrected chi connectivity index (χ0v) is 37.8. The summed E-state index contributed by atoms with van der Waals surface area (Å²) in [5.74, 6) is -1.76. The molecule has 0 radical (unpaired) electrons. The van der Waals surface area contributed by atoms with Gasteiger partial charge in [0, 0.05) is 103 Å². The van der Waals surface area contributed by atoms with Crippen LogP contribution in [0.2, 0.25) is 0 Å². The molecule has 4 atom stereocenters. The van der Waals surface area contributed by atoms with E-state index < -0.39 is 23.9 Å². The maximum atomic E-state index is 13.0. The Morgan fingerprint density at radius 3 is 1.12 bits per heavy atom. The van der Waals surface area contributed by atoms with Crippen LogP contribution in [0, 0.1) is 0 Å². The van der Waals surface area contributed by atoms with Gasteiger partial charge in [0.25, 0.3) is 0 Å². The summed E-state index contributed by atoms with van der Waals surface area (Å²) in [6.07, 6.45) is 7.37. The summed E-state index contributed by atoms with van der Waals surface area (Å²) in [6.45, 7) is 6.58. The second-order valence-electron chi connectivity index (χ2n) is 16.7. The number of ether oxygens (including phenoxy) is 6. The predicted octanol–water partition coefficient (Wildman–Crippen LogP) is -0.367. The lowest BCUT2D eigenvalue weighted by Gasteiger charge is -2.47. The SMILES string of the molecule is CC(=O)Oc1ccc(C[N+]2(C)C3CCC2CC(OC(=O)CCCC(=O)OC2CC4CCC(C2)[N+]4(C)Cc2ccc(OC(C)=O)c(OC(C)=O)c2)C3)cc1OC(C)=O.[Br-].[Br-]. The van der Waals surface area contributed by atoms with Crippen LogP contribution < -0.4 is 52.9 Å². The minimum Gasteiger partial charge on any atom is -1.00 e. The molecule has 324 valence electrons. The van der Waals surface area contributed by atoms with Crippen LogP contribution >= 0.6 is 0 Å². The van der Waals surface area contributed by atoms with E-state index in [4.69, 9.17) is 28.4 Å². The van der Waals surface area contributed by atoms with Crippen molar-refractivity contribution in [3.8, 4) is 23.0 Å². The first-order valence-electron chi connectivity index (χ1n) is 20.1. The van der Waals surface area contributed by atoms with Gasteiger partial charge >= 0.3 is 35.8 Å². The highest BCUT2D eigenvalue weighted by molar-refractivity contribution is 5.75. The van der Waals surface area contributed by atoms with E-state index >= 15 is 0 Å². The Labute approximate surface area is 366 Å². The number of rotatable bonds is 14. The molecule has 4 unspecified atom stereocenters. The molecule has 6 rings (SSSR count). The molecule has 4 aliphatic rings. The summed E-state index contributed by atoms with van der Waals surface area (Å²) < 4.78 is 34.7. The zero-order valence-electron chi connectivity index (χ0n) is 34.7. The van der Waals surface area contributed by atoms with Crippen molar-refractivity contribution < 1.29 is 100 Å². The molecule has 0 aliphatic carbocycles. The van der Waals surface area contributed by atoms with Gasteiger partial charge in [-0.25, -0.2) is 0 Å². The average Bonchev–Trinajstić information content (AvgIpc) is 3.34. The van der Waals surface area contributed by atoms with Gasteiger partial charge in [0.15, 0.2) is 23.0 Å². The van der Waals surface area contributed by atoms with Crippen molar-refractivity contribution >= 4 is 35.8 Å². The lowest BCUT2D eigenvalue weighted by Crippen LogP contribution is -3.00. The van der Waals surface area contributed by atoms with E-state index in [-0.39, 0.29) is 93.9 Å². The molecule has 59 heavy (non-hydrogen) atoms. The molecule has 0 spiro atoms. The van der Waals surface area contributed by atoms with Crippen molar-refractivity contribution in [2.24, 2.45) is 0 Å². The smallest absolute Gasteiger partial charge is 0.308 e. The molecule has 4 heterocycles. The third kappa shape index (κ3) is 11.7.